The van der Waals surface area contributed by atoms with Crippen LogP contribution in [0.1, 0.15) is 51.4 Å². The summed E-state index contributed by atoms with van der Waals surface area (Å²) in [6.07, 6.45) is 10.5. The number of nitrogens with two attached hydrogens (primary N) is 1. The van der Waals surface area contributed by atoms with Crippen LogP contribution >= 0.6 is 0 Å². The van der Waals surface area contributed by atoms with E-state index in [1.807, 2.05) is 0 Å². The first-order valence-corrected chi connectivity index (χ1v) is 7.61. The Hall–Kier alpha value is -0.120. The molecule has 3 heteroatoms. The molecule has 106 valence electrons. The summed E-state index contributed by atoms with van der Waals surface area (Å²) >= 11 is 0. The lowest BCUT2D eigenvalue weighted by molar-refractivity contribution is 0.0202. The fourth-order valence-electron chi connectivity index (χ4n) is 3.84. The zero-order valence-corrected chi connectivity index (χ0v) is 12.5. The third-order valence-corrected chi connectivity index (χ3v) is 5.23. The van der Waals surface area contributed by atoms with Gasteiger partial charge in [-0.25, -0.2) is 0 Å². The van der Waals surface area contributed by atoms with E-state index in [1.54, 1.807) is 0 Å². The largest absolute Gasteiger partial charge is 0.324 e. The minimum absolute atomic E-state index is 0.0875. The molecular formula is C15H31N3. The van der Waals surface area contributed by atoms with E-state index in [0.717, 1.165) is 6.54 Å². The van der Waals surface area contributed by atoms with E-state index < -0.39 is 0 Å². The minimum Gasteiger partial charge on any atom is -0.324 e. The average molecular weight is 253 g/mol. The van der Waals surface area contributed by atoms with Gasteiger partial charge >= 0.3 is 0 Å². The van der Waals surface area contributed by atoms with Crippen molar-refractivity contribution in [2.45, 2.75) is 62.4 Å². The van der Waals surface area contributed by atoms with Gasteiger partial charge < -0.3 is 15.5 Å². The van der Waals surface area contributed by atoms with Crippen molar-refractivity contribution in [1.82, 2.24) is 9.80 Å². The van der Waals surface area contributed by atoms with Crippen molar-refractivity contribution in [1.29, 1.82) is 0 Å². The second kappa shape index (κ2) is 5.48. The highest BCUT2D eigenvalue weighted by molar-refractivity contribution is 4.99. The molecule has 3 nitrogen and oxygen atoms in total. The van der Waals surface area contributed by atoms with E-state index in [-0.39, 0.29) is 5.54 Å². The number of likely N-dealkylation sites (N-methyl/N-ethyl adjacent to an activating group) is 2. The van der Waals surface area contributed by atoms with Crippen molar-refractivity contribution in [3.05, 3.63) is 0 Å². The Labute approximate surface area is 113 Å². The standard InChI is InChI=1S/C15H31N3/c1-17(2)15(10-7-11-15)13-18(3)12-14(16)8-5-4-6-9-14/h4-13,16H2,1-3H3. The fraction of sp³-hybridized carbons (Fsp3) is 1.00. The summed E-state index contributed by atoms with van der Waals surface area (Å²) in [4.78, 5) is 4.92. The van der Waals surface area contributed by atoms with Crippen molar-refractivity contribution in [3.63, 3.8) is 0 Å². The molecule has 2 aliphatic carbocycles. The Kier molecular flexibility index (Phi) is 4.35. The smallest absolute Gasteiger partial charge is 0.0330 e. The van der Waals surface area contributed by atoms with Crippen LogP contribution in [0.5, 0.6) is 0 Å². The average Bonchev–Trinajstić information content (AvgIpc) is 2.23. The van der Waals surface area contributed by atoms with Crippen molar-refractivity contribution >= 4 is 0 Å². The maximum absolute atomic E-state index is 6.56. The molecule has 2 fully saturated rings. The Balaban J connectivity index is 1.86. The molecule has 0 heterocycles. The van der Waals surface area contributed by atoms with Crippen LogP contribution in [-0.2, 0) is 0 Å². The molecule has 0 saturated heterocycles. The highest BCUT2D eigenvalue weighted by Crippen LogP contribution is 2.37. The van der Waals surface area contributed by atoms with Gasteiger partial charge in [0.1, 0.15) is 0 Å². The van der Waals surface area contributed by atoms with Crippen LogP contribution in [0.25, 0.3) is 0 Å². The molecule has 0 aromatic heterocycles. The second-order valence-electron chi connectivity index (χ2n) is 7.07. The summed E-state index contributed by atoms with van der Waals surface area (Å²) in [6.45, 7) is 2.25. The SMILES string of the molecule is CN(CC1(N)CCCCC1)CC1(N(C)C)CCC1. The van der Waals surface area contributed by atoms with Crippen LogP contribution in [0.2, 0.25) is 0 Å². The van der Waals surface area contributed by atoms with Crippen LogP contribution in [0, 0.1) is 0 Å². The molecule has 0 aliphatic heterocycles. The van der Waals surface area contributed by atoms with Gasteiger partial charge in [-0.15, -0.1) is 0 Å². The molecule has 2 aliphatic rings. The third kappa shape index (κ3) is 3.06. The summed E-state index contributed by atoms with van der Waals surface area (Å²) < 4.78 is 0. The molecule has 18 heavy (non-hydrogen) atoms. The molecule has 0 amide bonds. The lowest BCUT2D eigenvalue weighted by Gasteiger charge is -2.50. The van der Waals surface area contributed by atoms with Gasteiger partial charge in [-0.3, -0.25) is 0 Å². The summed E-state index contributed by atoms with van der Waals surface area (Å²) in [6, 6.07) is 0. The maximum atomic E-state index is 6.56. The van der Waals surface area contributed by atoms with Crippen LogP contribution in [-0.4, -0.2) is 55.1 Å². The van der Waals surface area contributed by atoms with Gasteiger partial charge in [-0.2, -0.15) is 0 Å². The molecule has 0 bridgehead atoms. The van der Waals surface area contributed by atoms with Crippen molar-refractivity contribution < 1.29 is 0 Å². The zero-order valence-electron chi connectivity index (χ0n) is 12.5. The van der Waals surface area contributed by atoms with Crippen LogP contribution in [0.3, 0.4) is 0 Å². The van der Waals surface area contributed by atoms with Gasteiger partial charge in [0.15, 0.2) is 0 Å². The Morgan fingerprint density at radius 1 is 0.833 bits per heavy atom. The van der Waals surface area contributed by atoms with E-state index in [2.05, 4.69) is 30.9 Å². The van der Waals surface area contributed by atoms with Gasteiger partial charge in [-0.1, -0.05) is 19.3 Å². The van der Waals surface area contributed by atoms with E-state index in [9.17, 15) is 0 Å². The van der Waals surface area contributed by atoms with Gasteiger partial charge in [0, 0.05) is 24.2 Å². The lowest BCUT2D eigenvalue weighted by atomic mass is 9.75. The molecule has 2 saturated carbocycles. The number of hydrogen-bond donors (Lipinski definition) is 1. The fourth-order valence-corrected chi connectivity index (χ4v) is 3.84. The molecule has 2 rings (SSSR count). The van der Waals surface area contributed by atoms with E-state index in [0.29, 0.717) is 5.54 Å². The normalized spacial score (nSPS) is 26.3. The molecule has 0 aromatic rings. The summed E-state index contributed by atoms with van der Waals surface area (Å²) in [5.41, 5.74) is 7.08. The summed E-state index contributed by atoms with van der Waals surface area (Å²) in [5.74, 6) is 0. The summed E-state index contributed by atoms with van der Waals surface area (Å²) in [7, 11) is 6.71. The zero-order chi connectivity index (χ0) is 13.2. The third-order valence-electron chi connectivity index (χ3n) is 5.23. The molecular weight excluding hydrogens is 222 g/mol. The molecule has 0 spiro atoms. The van der Waals surface area contributed by atoms with E-state index >= 15 is 0 Å². The predicted molar refractivity (Wildman–Crippen MR) is 77.8 cm³/mol. The Bertz CT molecular complexity index is 265. The first-order chi connectivity index (χ1) is 8.46. The quantitative estimate of drug-likeness (QED) is 0.814. The lowest BCUT2D eigenvalue weighted by Crippen LogP contribution is -2.59. The van der Waals surface area contributed by atoms with Crippen molar-refractivity contribution in [3.8, 4) is 0 Å². The van der Waals surface area contributed by atoms with E-state index in [1.165, 1.54) is 57.9 Å². The van der Waals surface area contributed by atoms with Gasteiger partial charge in [0.05, 0.1) is 0 Å². The topological polar surface area (TPSA) is 32.5 Å². The highest BCUT2D eigenvalue weighted by atomic mass is 15.2. The first kappa shape index (κ1) is 14.3. The second-order valence-corrected chi connectivity index (χ2v) is 7.07. The van der Waals surface area contributed by atoms with Crippen molar-refractivity contribution in [2.75, 3.05) is 34.2 Å². The summed E-state index contributed by atoms with van der Waals surface area (Å²) in [5, 5.41) is 0. The minimum atomic E-state index is 0.0875. The maximum Gasteiger partial charge on any atom is 0.0330 e. The van der Waals surface area contributed by atoms with Crippen LogP contribution < -0.4 is 5.73 Å². The van der Waals surface area contributed by atoms with Crippen molar-refractivity contribution in [2.24, 2.45) is 5.73 Å². The number of rotatable bonds is 5. The first-order valence-electron chi connectivity index (χ1n) is 7.61. The molecule has 0 atom stereocenters. The monoisotopic (exact) mass is 253 g/mol. The van der Waals surface area contributed by atoms with E-state index in [4.69, 9.17) is 5.73 Å². The van der Waals surface area contributed by atoms with Gasteiger partial charge in [-0.05, 0) is 53.2 Å². The van der Waals surface area contributed by atoms with Gasteiger partial charge in [0.25, 0.3) is 0 Å². The van der Waals surface area contributed by atoms with Gasteiger partial charge in [0.2, 0.25) is 0 Å². The predicted octanol–water partition coefficient (Wildman–Crippen LogP) is 2.06. The molecule has 0 radical (unpaired) electrons. The molecule has 0 aromatic carbocycles. The number of hydrogen-bond acceptors (Lipinski definition) is 3. The van der Waals surface area contributed by atoms with Crippen LogP contribution in [0.4, 0.5) is 0 Å². The Morgan fingerprint density at radius 2 is 1.44 bits per heavy atom. The van der Waals surface area contributed by atoms with Crippen LogP contribution in [0.15, 0.2) is 0 Å². The molecule has 0 unspecified atom stereocenters. The Morgan fingerprint density at radius 3 is 1.89 bits per heavy atom. The highest BCUT2D eigenvalue weighted by Gasteiger charge is 2.40. The molecule has 2 N–H and O–H groups in total. The number of nitrogens with zero attached hydrogens (tertiary/aromatic N) is 2.